The summed E-state index contributed by atoms with van der Waals surface area (Å²) in [5.41, 5.74) is 14.7. The number of allylic oxidation sites excluding steroid dienone is 1. The summed E-state index contributed by atoms with van der Waals surface area (Å²) in [5.74, 6) is 0. The molecule has 12 rings (SSSR count). The molecule has 0 unspecified atom stereocenters. The van der Waals surface area contributed by atoms with Crippen molar-refractivity contribution in [2.24, 2.45) is 0 Å². The van der Waals surface area contributed by atoms with Crippen LogP contribution in [0.3, 0.4) is 0 Å². The van der Waals surface area contributed by atoms with Crippen molar-refractivity contribution in [1.82, 2.24) is 0 Å². The van der Waals surface area contributed by atoms with Crippen molar-refractivity contribution < 1.29 is 0 Å². The van der Waals surface area contributed by atoms with Gasteiger partial charge in [0.25, 0.3) is 0 Å². The second kappa shape index (κ2) is 14.9. The molecule has 2 heterocycles. The van der Waals surface area contributed by atoms with Gasteiger partial charge in [0, 0.05) is 57.6 Å². The average molecular weight is 814 g/mol. The predicted molar refractivity (Wildman–Crippen MR) is 265 cm³/mol. The number of thiophene rings is 2. The van der Waals surface area contributed by atoms with Gasteiger partial charge in [0.2, 0.25) is 0 Å². The van der Waals surface area contributed by atoms with Gasteiger partial charge in [0.05, 0.1) is 5.69 Å². The zero-order valence-corrected chi connectivity index (χ0v) is 35.0. The lowest BCUT2D eigenvalue weighted by molar-refractivity contribution is 1.01. The average Bonchev–Trinajstić information content (AvgIpc) is 3.91. The van der Waals surface area contributed by atoms with E-state index in [9.17, 15) is 0 Å². The summed E-state index contributed by atoms with van der Waals surface area (Å²) < 4.78 is 4.03. The molecule has 0 amide bonds. The third kappa shape index (κ3) is 6.12. The van der Waals surface area contributed by atoms with Crippen LogP contribution in [-0.2, 0) is 6.42 Å². The summed E-state index contributed by atoms with van der Waals surface area (Å²) in [5, 5.41) is 6.49. The molecule has 0 spiro atoms. The van der Waals surface area contributed by atoms with Gasteiger partial charge in [-0.25, -0.2) is 0 Å². The van der Waals surface area contributed by atoms with E-state index < -0.39 is 0 Å². The van der Waals surface area contributed by atoms with Crippen LogP contribution in [0, 0.1) is 0 Å². The number of para-hydroxylation sites is 1. The summed E-state index contributed by atoms with van der Waals surface area (Å²) >= 11 is 3.84. The van der Waals surface area contributed by atoms with Crippen molar-refractivity contribution in [1.29, 1.82) is 0 Å². The molecule has 0 saturated heterocycles. The number of benzene rings is 9. The number of hydrogen-bond acceptors (Lipinski definition) is 3. The Labute approximate surface area is 363 Å². The zero-order valence-electron chi connectivity index (χ0n) is 33.4. The molecule has 0 saturated carbocycles. The van der Waals surface area contributed by atoms with Crippen LogP contribution in [-0.4, -0.2) is 0 Å². The lowest BCUT2D eigenvalue weighted by Crippen LogP contribution is -2.11. The van der Waals surface area contributed by atoms with Gasteiger partial charge in [0.1, 0.15) is 0 Å². The fourth-order valence-corrected chi connectivity index (χ4v) is 12.1. The fourth-order valence-electron chi connectivity index (χ4n) is 9.58. The Balaban J connectivity index is 1.02. The third-order valence-electron chi connectivity index (χ3n) is 12.4. The van der Waals surface area contributed by atoms with Gasteiger partial charge in [-0.2, -0.15) is 0 Å². The molecule has 9 aromatic carbocycles. The van der Waals surface area contributed by atoms with E-state index in [1.54, 1.807) is 0 Å². The van der Waals surface area contributed by atoms with Gasteiger partial charge in [-0.3, -0.25) is 0 Å². The smallest absolute Gasteiger partial charge is 0.0540 e. The molecule has 0 N–H and O–H groups in total. The predicted octanol–water partition coefficient (Wildman–Crippen LogP) is 17.3. The summed E-state index contributed by atoms with van der Waals surface area (Å²) in [7, 11) is 0. The molecule has 288 valence electrons. The van der Waals surface area contributed by atoms with Crippen molar-refractivity contribution in [2.45, 2.75) is 12.8 Å². The van der Waals surface area contributed by atoms with Crippen LogP contribution in [0.25, 0.3) is 80.0 Å². The molecule has 1 aliphatic rings. The Bertz CT molecular complexity index is 3460. The van der Waals surface area contributed by atoms with E-state index in [0.29, 0.717) is 0 Å². The van der Waals surface area contributed by atoms with Crippen LogP contribution in [0.15, 0.2) is 212 Å². The normalized spacial score (nSPS) is 12.6. The fraction of sp³-hybridized carbons (Fsp3) is 0.0345. The number of nitrogens with zero attached hydrogens (tertiary/aromatic N) is 1. The molecule has 2 aromatic heterocycles. The van der Waals surface area contributed by atoms with Crippen molar-refractivity contribution in [3.05, 3.63) is 228 Å². The Kier molecular flexibility index (Phi) is 8.76. The van der Waals surface area contributed by atoms with Crippen LogP contribution in [0.2, 0.25) is 0 Å². The molecule has 0 aliphatic heterocycles. The highest BCUT2D eigenvalue weighted by Gasteiger charge is 2.23. The summed E-state index contributed by atoms with van der Waals surface area (Å²) in [6, 6.07) is 76.0. The van der Waals surface area contributed by atoms with E-state index in [1.165, 1.54) is 96.0 Å². The Morgan fingerprint density at radius 2 is 0.967 bits per heavy atom. The largest absolute Gasteiger partial charge is 0.310 e. The van der Waals surface area contributed by atoms with Gasteiger partial charge in [0.15, 0.2) is 0 Å². The van der Waals surface area contributed by atoms with Crippen molar-refractivity contribution in [3.63, 3.8) is 0 Å². The molecule has 11 aromatic rings. The first-order valence-electron chi connectivity index (χ1n) is 21.1. The molecular weight excluding hydrogens is 775 g/mol. The third-order valence-corrected chi connectivity index (χ3v) is 14.8. The van der Waals surface area contributed by atoms with Gasteiger partial charge in [-0.05, 0) is 105 Å². The van der Waals surface area contributed by atoms with E-state index in [-0.39, 0.29) is 0 Å². The minimum Gasteiger partial charge on any atom is -0.310 e. The molecule has 1 nitrogen and oxygen atoms in total. The van der Waals surface area contributed by atoms with Crippen molar-refractivity contribution >= 4 is 86.3 Å². The Morgan fingerprint density at radius 3 is 1.75 bits per heavy atom. The molecule has 1 aliphatic carbocycles. The van der Waals surface area contributed by atoms with Crippen LogP contribution >= 0.6 is 22.7 Å². The summed E-state index contributed by atoms with van der Waals surface area (Å²) in [4.78, 5) is 3.95. The van der Waals surface area contributed by atoms with Crippen molar-refractivity contribution in [2.75, 3.05) is 4.90 Å². The minimum atomic E-state index is 1.06. The molecule has 61 heavy (non-hydrogen) atoms. The second-order valence-electron chi connectivity index (χ2n) is 15.9. The highest BCUT2D eigenvalue weighted by molar-refractivity contribution is 7.26. The van der Waals surface area contributed by atoms with Crippen LogP contribution in [0.4, 0.5) is 17.1 Å². The number of hydrogen-bond donors (Lipinski definition) is 0. The Morgan fingerprint density at radius 1 is 0.393 bits per heavy atom. The number of aryl methyl sites for hydroxylation is 1. The molecule has 0 fully saturated rings. The van der Waals surface area contributed by atoms with Gasteiger partial charge in [-0.1, -0.05) is 170 Å². The van der Waals surface area contributed by atoms with Gasteiger partial charge >= 0.3 is 0 Å². The van der Waals surface area contributed by atoms with E-state index in [0.717, 1.165) is 29.9 Å². The van der Waals surface area contributed by atoms with Gasteiger partial charge < -0.3 is 4.90 Å². The van der Waals surface area contributed by atoms with Crippen LogP contribution in [0.5, 0.6) is 0 Å². The first-order valence-corrected chi connectivity index (χ1v) is 22.7. The minimum absolute atomic E-state index is 1.06. The number of fused-ring (bicyclic) bond motifs is 7. The highest BCUT2D eigenvalue weighted by Crippen LogP contribution is 2.47. The molecular formula is C58H39NS2. The second-order valence-corrected chi connectivity index (χ2v) is 18.0. The summed E-state index contributed by atoms with van der Waals surface area (Å²) in [6.45, 7) is 0. The van der Waals surface area contributed by atoms with E-state index >= 15 is 0 Å². The molecule has 0 bridgehead atoms. The molecule has 3 heteroatoms. The SMILES string of the molecule is C1=C(c2ccc(N(c3ccc(-c4cccc5c4sc4ccccc45)cc3)c3ccccc3-c3cccc4cccc(-c5ccccc5)c34)cc2)c2c(sc3ccccc23)CC1. The summed E-state index contributed by atoms with van der Waals surface area (Å²) in [6.07, 6.45) is 4.62. The maximum absolute atomic E-state index is 2.45. The Hall–Kier alpha value is -7.04. The molecule has 0 atom stereocenters. The lowest BCUT2D eigenvalue weighted by Gasteiger charge is -2.29. The maximum Gasteiger partial charge on any atom is 0.0540 e. The quantitative estimate of drug-likeness (QED) is 0.155. The topological polar surface area (TPSA) is 3.24 Å². The standard InChI is InChI=1S/C58H39NS2/c1-2-14-38(15-3-1)44-21-10-16-41-17-11-24-49(56(41)44)47-18-4-7-26-52(47)59(42-34-30-39(31-35-42)45-22-13-29-55-57(45)51-20-6-9-28-54(51)60-55)43-36-32-40(33-37-43)46-23-12-25-50-48-19-5-8-27-53(48)61-58(46)50/h1-12,14-28,30-37H,13,29H2. The highest BCUT2D eigenvalue weighted by atomic mass is 32.1. The first-order chi connectivity index (χ1) is 30.3. The van der Waals surface area contributed by atoms with Crippen LogP contribution in [0.1, 0.15) is 22.4 Å². The first kappa shape index (κ1) is 35.9. The van der Waals surface area contributed by atoms with E-state index in [4.69, 9.17) is 0 Å². The monoisotopic (exact) mass is 813 g/mol. The maximum atomic E-state index is 2.45. The van der Waals surface area contributed by atoms with E-state index in [2.05, 4.69) is 217 Å². The number of rotatable bonds is 7. The zero-order chi connectivity index (χ0) is 40.3. The lowest BCUT2D eigenvalue weighted by atomic mass is 9.89. The van der Waals surface area contributed by atoms with Crippen LogP contribution < -0.4 is 4.90 Å². The number of anilines is 3. The molecule has 0 radical (unpaired) electrons. The van der Waals surface area contributed by atoms with Gasteiger partial charge in [-0.15, -0.1) is 22.7 Å². The van der Waals surface area contributed by atoms with Crippen molar-refractivity contribution in [3.8, 4) is 33.4 Å². The van der Waals surface area contributed by atoms with E-state index in [1.807, 2.05) is 22.7 Å².